The maximum atomic E-state index is 5.53. The van der Waals surface area contributed by atoms with E-state index in [4.69, 9.17) is 14.5 Å². The number of aromatic nitrogens is 2. The van der Waals surface area contributed by atoms with Gasteiger partial charge in [0.25, 0.3) is 0 Å². The van der Waals surface area contributed by atoms with Gasteiger partial charge in [-0.2, -0.15) is 0 Å². The van der Waals surface area contributed by atoms with Gasteiger partial charge in [0, 0.05) is 28.9 Å². The van der Waals surface area contributed by atoms with Gasteiger partial charge in [-0.1, -0.05) is 32.0 Å². The minimum absolute atomic E-state index is 0.284. The Bertz CT molecular complexity index is 1150. The summed E-state index contributed by atoms with van der Waals surface area (Å²) in [5.74, 6) is 1.58. The highest BCUT2D eigenvalue weighted by Gasteiger charge is 2.16. The molecule has 1 aliphatic heterocycles. The molecule has 0 spiro atoms. The zero-order valence-corrected chi connectivity index (χ0v) is 16.1. The Hall–Kier alpha value is -3.27. The van der Waals surface area contributed by atoms with E-state index in [1.165, 1.54) is 22.1 Å². The van der Waals surface area contributed by atoms with Gasteiger partial charge in [-0.25, -0.2) is 0 Å². The third-order valence-corrected chi connectivity index (χ3v) is 5.47. The van der Waals surface area contributed by atoms with E-state index in [1.54, 1.807) is 0 Å². The van der Waals surface area contributed by atoms with Crippen molar-refractivity contribution >= 4 is 10.9 Å². The topological polar surface area (TPSA) is 36.3 Å². The van der Waals surface area contributed by atoms with Crippen molar-refractivity contribution in [1.82, 2.24) is 9.55 Å². The fraction of sp³-hybridized carbons (Fsp3) is 0.208. The first-order valence-corrected chi connectivity index (χ1v) is 9.76. The standard InChI is InChI=1S/C24H22N2O2/c1-3-16-6-5-7-17(4-2)24(16)20-12-18-10-11-26(21(18)14-25-20)19-8-9-22-23(13-19)28-15-27-22/h5-14H,3-4,15H2,1-2H3. The van der Waals surface area contributed by atoms with Crippen molar-refractivity contribution in [3.05, 3.63) is 72.1 Å². The molecule has 2 aromatic heterocycles. The molecule has 2 aromatic carbocycles. The number of nitrogens with zero attached hydrogens (tertiary/aromatic N) is 2. The Labute approximate surface area is 164 Å². The molecule has 4 heteroatoms. The second-order valence-electron chi connectivity index (χ2n) is 7.01. The number of benzene rings is 2. The molecule has 0 amide bonds. The third-order valence-electron chi connectivity index (χ3n) is 5.47. The Kier molecular flexibility index (Phi) is 4.05. The van der Waals surface area contributed by atoms with Gasteiger partial charge in [-0.15, -0.1) is 0 Å². The molecule has 140 valence electrons. The molecule has 4 nitrogen and oxygen atoms in total. The maximum absolute atomic E-state index is 5.53. The van der Waals surface area contributed by atoms with Crippen LogP contribution in [-0.2, 0) is 12.8 Å². The van der Waals surface area contributed by atoms with Gasteiger partial charge in [0.1, 0.15) is 0 Å². The van der Waals surface area contributed by atoms with Crippen molar-refractivity contribution in [2.45, 2.75) is 26.7 Å². The summed E-state index contributed by atoms with van der Waals surface area (Å²) in [5.41, 5.74) is 7.14. The first-order valence-electron chi connectivity index (χ1n) is 9.76. The van der Waals surface area contributed by atoms with Crippen LogP contribution in [-0.4, -0.2) is 16.3 Å². The maximum Gasteiger partial charge on any atom is 0.231 e. The van der Waals surface area contributed by atoms with E-state index in [0.717, 1.165) is 41.2 Å². The lowest BCUT2D eigenvalue weighted by Gasteiger charge is -2.13. The van der Waals surface area contributed by atoms with Crippen molar-refractivity contribution < 1.29 is 9.47 Å². The summed E-state index contributed by atoms with van der Waals surface area (Å²) < 4.78 is 13.1. The molecule has 0 radical (unpaired) electrons. The van der Waals surface area contributed by atoms with E-state index in [2.05, 4.69) is 54.9 Å². The second-order valence-corrected chi connectivity index (χ2v) is 7.01. The zero-order chi connectivity index (χ0) is 19.1. The van der Waals surface area contributed by atoms with Crippen LogP contribution in [0.2, 0.25) is 0 Å². The van der Waals surface area contributed by atoms with Crippen LogP contribution in [0.15, 0.2) is 60.9 Å². The van der Waals surface area contributed by atoms with Crippen molar-refractivity contribution in [2.75, 3.05) is 6.79 Å². The summed E-state index contributed by atoms with van der Waals surface area (Å²) >= 11 is 0. The Balaban J connectivity index is 1.62. The molecule has 5 rings (SSSR count). The number of rotatable bonds is 4. The predicted molar refractivity (Wildman–Crippen MR) is 111 cm³/mol. The smallest absolute Gasteiger partial charge is 0.231 e. The minimum atomic E-state index is 0.284. The molecule has 0 saturated carbocycles. The molecule has 0 aliphatic carbocycles. The number of pyridine rings is 1. The molecular formula is C24H22N2O2. The van der Waals surface area contributed by atoms with Gasteiger partial charge in [-0.05, 0) is 48.2 Å². The molecule has 3 heterocycles. The summed E-state index contributed by atoms with van der Waals surface area (Å²) in [6.07, 6.45) is 6.06. The molecule has 0 N–H and O–H groups in total. The predicted octanol–water partition coefficient (Wildman–Crippen LogP) is 5.55. The van der Waals surface area contributed by atoms with Crippen LogP contribution in [0, 0.1) is 0 Å². The van der Waals surface area contributed by atoms with Crippen LogP contribution in [0.3, 0.4) is 0 Å². The highest BCUT2D eigenvalue weighted by atomic mass is 16.7. The van der Waals surface area contributed by atoms with Crippen LogP contribution in [0.1, 0.15) is 25.0 Å². The van der Waals surface area contributed by atoms with Crippen molar-refractivity contribution in [1.29, 1.82) is 0 Å². The quantitative estimate of drug-likeness (QED) is 0.473. The molecule has 0 bridgehead atoms. The van der Waals surface area contributed by atoms with E-state index >= 15 is 0 Å². The van der Waals surface area contributed by atoms with Crippen molar-refractivity contribution in [2.24, 2.45) is 0 Å². The van der Waals surface area contributed by atoms with Crippen LogP contribution in [0.4, 0.5) is 0 Å². The Morgan fingerprint density at radius 1 is 0.929 bits per heavy atom. The van der Waals surface area contributed by atoms with Crippen LogP contribution < -0.4 is 9.47 Å². The van der Waals surface area contributed by atoms with E-state index in [-0.39, 0.29) is 6.79 Å². The van der Waals surface area contributed by atoms with Crippen LogP contribution >= 0.6 is 0 Å². The Morgan fingerprint density at radius 2 is 1.71 bits per heavy atom. The van der Waals surface area contributed by atoms with Crippen molar-refractivity contribution in [3.63, 3.8) is 0 Å². The highest BCUT2D eigenvalue weighted by Crippen LogP contribution is 2.35. The summed E-state index contributed by atoms with van der Waals surface area (Å²) in [6, 6.07) is 16.9. The van der Waals surface area contributed by atoms with Crippen molar-refractivity contribution in [3.8, 4) is 28.4 Å². The minimum Gasteiger partial charge on any atom is -0.454 e. The second kappa shape index (κ2) is 6.71. The van der Waals surface area contributed by atoms with E-state index in [0.29, 0.717) is 0 Å². The highest BCUT2D eigenvalue weighted by molar-refractivity contribution is 5.86. The fourth-order valence-corrected chi connectivity index (χ4v) is 4.00. The molecule has 0 atom stereocenters. The molecule has 0 fully saturated rings. The zero-order valence-electron chi connectivity index (χ0n) is 16.1. The summed E-state index contributed by atoms with van der Waals surface area (Å²) in [6.45, 7) is 4.69. The van der Waals surface area contributed by atoms with Gasteiger partial charge >= 0.3 is 0 Å². The normalized spacial score (nSPS) is 12.6. The van der Waals surface area contributed by atoms with Crippen LogP contribution in [0.5, 0.6) is 11.5 Å². The lowest BCUT2D eigenvalue weighted by molar-refractivity contribution is 0.174. The molecule has 4 aromatic rings. The summed E-state index contributed by atoms with van der Waals surface area (Å²) in [5, 5.41) is 1.18. The lowest BCUT2D eigenvalue weighted by Crippen LogP contribution is -1.97. The number of ether oxygens (including phenoxy) is 2. The number of hydrogen-bond acceptors (Lipinski definition) is 3. The third kappa shape index (κ3) is 2.64. The first kappa shape index (κ1) is 16.9. The summed E-state index contributed by atoms with van der Waals surface area (Å²) in [7, 11) is 0. The molecule has 0 saturated heterocycles. The summed E-state index contributed by atoms with van der Waals surface area (Å²) in [4.78, 5) is 4.85. The molecular weight excluding hydrogens is 348 g/mol. The van der Waals surface area contributed by atoms with E-state index < -0.39 is 0 Å². The van der Waals surface area contributed by atoms with Gasteiger partial charge in [-0.3, -0.25) is 4.98 Å². The fourth-order valence-electron chi connectivity index (χ4n) is 4.00. The lowest BCUT2D eigenvalue weighted by atomic mass is 9.94. The number of hydrogen-bond donors (Lipinski definition) is 0. The molecule has 0 unspecified atom stereocenters. The average molecular weight is 370 g/mol. The number of fused-ring (bicyclic) bond motifs is 2. The Morgan fingerprint density at radius 3 is 2.50 bits per heavy atom. The van der Waals surface area contributed by atoms with E-state index in [9.17, 15) is 0 Å². The largest absolute Gasteiger partial charge is 0.454 e. The van der Waals surface area contributed by atoms with Gasteiger partial charge in [0.15, 0.2) is 11.5 Å². The van der Waals surface area contributed by atoms with Gasteiger partial charge in [0.2, 0.25) is 6.79 Å². The SMILES string of the molecule is CCc1cccc(CC)c1-c1cc2ccn(-c3ccc4c(c3)OCO4)c2cn1. The average Bonchev–Trinajstić information content (AvgIpc) is 3.38. The first-order chi connectivity index (χ1) is 13.8. The van der Waals surface area contributed by atoms with Gasteiger partial charge < -0.3 is 14.0 Å². The number of aryl methyl sites for hydroxylation is 2. The van der Waals surface area contributed by atoms with Gasteiger partial charge in [0.05, 0.1) is 17.4 Å². The van der Waals surface area contributed by atoms with Crippen LogP contribution in [0.25, 0.3) is 27.8 Å². The monoisotopic (exact) mass is 370 g/mol. The molecule has 28 heavy (non-hydrogen) atoms. The van der Waals surface area contributed by atoms with E-state index in [1.807, 2.05) is 24.4 Å². The molecule has 1 aliphatic rings.